The van der Waals surface area contributed by atoms with Crippen LogP contribution >= 0.6 is 0 Å². The summed E-state index contributed by atoms with van der Waals surface area (Å²) in [5, 5.41) is 23.7. The van der Waals surface area contributed by atoms with Gasteiger partial charge in [0.25, 0.3) is 0 Å². The molecule has 4 atom stereocenters. The summed E-state index contributed by atoms with van der Waals surface area (Å²) in [5.74, 6) is -3.32. The second-order valence-corrected chi connectivity index (χ2v) is 18.0. The summed E-state index contributed by atoms with van der Waals surface area (Å²) in [5.41, 5.74) is 9.83. The van der Waals surface area contributed by atoms with Crippen LogP contribution in [-0.2, 0) is 64.1 Å². The van der Waals surface area contributed by atoms with Crippen molar-refractivity contribution in [3.05, 3.63) is 137 Å². The molecule has 0 radical (unpaired) electrons. The lowest BCUT2D eigenvalue weighted by Gasteiger charge is -2.42. The van der Waals surface area contributed by atoms with Crippen LogP contribution < -0.4 is 37.1 Å². The summed E-state index contributed by atoms with van der Waals surface area (Å²) in [6, 6.07) is 27.8. The number of nitrogens with one attached hydrogen (secondary N) is 5. The highest BCUT2D eigenvalue weighted by atomic mass is 16.5. The summed E-state index contributed by atoms with van der Waals surface area (Å²) in [6.07, 6.45) is 3.47. The number of carboxylic acids is 1. The number of piperidine rings is 1. The molecule has 7 rings (SSSR count). The Bertz CT molecular complexity index is 2550. The number of carboxylic acid groups (broad SMARTS) is 1. The first-order chi connectivity index (χ1) is 33.9. The van der Waals surface area contributed by atoms with Crippen molar-refractivity contribution in [2.75, 3.05) is 52.5 Å². The Morgan fingerprint density at radius 3 is 2.39 bits per heavy atom. The van der Waals surface area contributed by atoms with Gasteiger partial charge in [-0.15, -0.1) is 0 Å². The number of aliphatic carboxylic acids is 1. The molecule has 0 aromatic heterocycles. The first-order valence-electron chi connectivity index (χ1n) is 23.8. The smallest absolute Gasteiger partial charge is 0.304 e. The van der Waals surface area contributed by atoms with Crippen LogP contribution in [-0.4, -0.2) is 116 Å². The van der Waals surface area contributed by atoms with Gasteiger partial charge in [0, 0.05) is 69.3 Å². The molecule has 1 fully saturated rings. The zero-order valence-corrected chi connectivity index (χ0v) is 39.1. The van der Waals surface area contributed by atoms with Gasteiger partial charge in [0.05, 0.1) is 38.1 Å². The maximum atomic E-state index is 15.0. The molecule has 17 nitrogen and oxygen atoms in total. The molecule has 3 heterocycles. The third-order valence-electron chi connectivity index (χ3n) is 12.9. The van der Waals surface area contributed by atoms with Gasteiger partial charge in [0.1, 0.15) is 17.8 Å². The molecule has 4 aromatic rings. The lowest BCUT2D eigenvalue weighted by atomic mass is 9.74. The van der Waals surface area contributed by atoms with Gasteiger partial charge in [-0.05, 0) is 65.1 Å². The number of fused-ring (bicyclic) bond motifs is 4. The fraction of sp³-hybridized carbons (Fsp3) is 0.377. The number of hydrogen-bond acceptors (Lipinski definition) is 10. The molecule has 4 aromatic carbocycles. The topological polar surface area (TPSA) is 248 Å². The van der Waals surface area contributed by atoms with Crippen molar-refractivity contribution < 1.29 is 48.1 Å². The third-order valence-corrected chi connectivity index (χ3v) is 12.9. The van der Waals surface area contributed by atoms with Crippen LogP contribution in [0, 0.1) is 5.41 Å². The Hall–Kier alpha value is -7.37. The van der Waals surface area contributed by atoms with Gasteiger partial charge >= 0.3 is 5.97 Å². The van der Waals surface area contributed by atoms with E-state index >= 15 is 0 Å². The molecule has 70 heavy (non-hydrogen) atoms. The molecule has 1 saturated heterocycles. The Kier molecular flexibility index (Phi) is 17.5. The van der Waals surface area contributed by atoms with Crippen molar-refractivity contribution in [3.8, 4) is 16.9 Å². The number of carbonyl (C=O) groups is 7. The van der Waals surface area contributed by atoms with E-state index in [1.165, 1.54) is 0 Å². The van der Waals surface area contributed by atoms with E-state index in [1.54, 1.807) is 29.2 Å². The van der Waals surface area contributed by atoms with Crippen LogP contribution in [0.25, 0.3) is 11.1 Å². The Morgan fingerprint density at radius 2 is 1.61 bits per heavy atom. The maximum absolute atomic E-state index is 15.0. The predicted molar refractivity (Wildman–Crippen MR) is 260 cm³/mol. The van der Waals surface area contributed by atoms with Gasteiger partial charge < -0.3 is 51.8 Å². The van der Waals surface area contributed by atoms with Gasteiger partial charge in [-0.1, -0.05) is 91.0 Å². The van der Waals surface area contributed by atoms with Crippen LogP contribution in [0.15, 0.2) is 109 Å². The fourth-order valence-corrected chi connectivity index (χ4v) is 9.24. The lowest BCUT2D eigenvalue weighted by Crippen LogP contribution is -2.58. The molecular weight excluding hydrogens is 895 g/mol. The van der Waals surface area contributed by atoms with Crippen LogP contribution in [0.5, 0.6) is 5.75 Å². The highest BCUT2D eigenvalue weighted by molar-refractivity contribution is 5.97. The largest absolute Gasteiger partial charge is 0.493 e. The van der Waals surface area contributed by atoms with E-state index in [1.807, 2.05) is 72.8 Å². The Morgan fingerprint density at radius 1 is 0.857 bits per heavy atom. The number of nitrogens with zero attached hydrogens (tertiary/aromatic N) is 1. The van der Waals surface area contributed by atoms with E-state index in [0.717, 1.165) is 40.0 Å². The highest BCUT2D eigenvalue weighted by Crippen LogP contribution is 2.39. The number of rotatable bonds is 13. The van der Waals surface area contributed by atoms with Gasteiger partial charge in [-0.2, -0.15) is 0 Å². The second kappa shape index (κ2) is 24.3. The van der Waals surface area contributed by atoms with E-state index in [2.05, 4.69) is 26.6 Å². The standard InChI is InChI=1S/C53H61N7O10/c54-21-25-69-26-23-56-50(66)43-19-22-55-46(61)17-18-48(63)60-24-6-20-53(34-60,31-36-7-2-1-3-8-36)52(68)59-44(51(67)57-32-40-10-5-4-9-38(40)29-47(62)58-43)27-35-11-13-37(14-12-35)39-15-16-42-41(30-49(64)65)33-70-45(42)28-39/h1-5,7-18,28,41,43-44H,6,19-27,29-34,54H2,(H,55,61)(H,56,66)(H,57,67)(H,58,62)(H,59,68)(H,64,65)/b18-17+/t41-,43+,44+,53+/m1/s1. The minimum atomic E-state index is -1.14. The minimum Gasteiger partial charge on any atom is -0.493 e. The van der Waals surface area contributed by atoms with Crippen LogP contribution in [0.3, 0.4) is 0 Å². The number of amides is 6. The van der Waals surface area contributed by atoms with Crippen LogP contribution in [0.4, 0.5) is 0 Å². The fourth-order valence-electron chi connectivity index (χ4n) is 9.24. The second-order valence-electron chi connectivity index (χ2n) is 18.0. The average Bonchev–Trinajstić information content (AvgIpc) is 3.75. The van der Waals surface area contributed by atoms with Gasteiger partial charge in [-0.25, -0.2) is 0 Å². The number of carbonyl (C=O) groups excluding carboxylic acids is 6. The molecule has 0 spiro atoms. The molecule has 0 unspecified atom stereocenters. The molecule has 8 N–H and O–H groups in total. The molecule has 3 aliphatic heterocycles. The Balaban J connectivity index is 1.17. The van der Waals surface area contributed by atoms with Crippen molar-refractivity contribution >= 4 is 41.4 Å². The van der Waals surface area contributed by atoms with E-state index in [0.29, 0.717) is 56.0 Å². The highest BCUT2D eigenvalue weighted by Gasteiger charge is 2.44. The average molecular weight is 956 g/mol. The van der Waals surface area contributed by atoms with Gasteiger partial charge in [-0.3, -0.25) is 33.6 Å². The van der Waals surface area contributed by atoms with E-state index in [-0.39, 0.29) is 70.8 Å². The summed E-state index contributed by atoms with van der Waals surface area (Å²) in [4.78, 5) is 96.2. The first kappa shape index (κ1) is 50.5. The summed E-state index contributed by atoms with van der Waals surface area (Å²) in [7, 11) is 0. The summed E-state index contributed by atoms with van der Waals surface area (Å²) < 4.78 is 11.2. The molecule has 0 saturated carbocycles. The van der Waals surface area contributed by atoms with E-state index in [4.69, 9.17) is 15.2 Å². The molecule has 17 heteroatoms. The van der Waals surface area contributed by atoms with Crippen molar-refractivity contribution in [2.24, 2.45) is 11.1 Å². The van der Waals surface area contributed by atoms with Gasteiger partial charge in [0.2, 0.25) is 35.4 Å². The Labute approximate surface area is 406 Å². The van der Waals surface area contributed by atoms with Crippen LogP contribution in [0.2, 0.25) is 0 Å². The predicted octanol–water partition coefficient (Wildman–Crippen LogP) is 2.69. The zero-order chi connectivity index (χ0) is 49.5. The van der Waals surface area contributed by atoms with E-state index < -0.39 is 58.9 Å². The number of benzene rings is 4. The lowest BCUT2D eigenvalue weighted by molar-refractivity contribution is -0.142. The molecule has 6 amide bonds. The minimum absolute atomic E-state index is 0.000605. The molecule has 368 valence electrons. The van der Waals surface area contributed by atoms with Crippen LogP contribution in [0.1, 0.15) is 59.4 Å². The number of ether oxygens (including phenoxy) is 2. The zero-order valence-electron chi connectivity index (χ0n) is 39.1. The molecule has 2 bridgehead atoms. The molecule has 0 aliphatic carbocycles. The first-order valence-corrected chi connectivity index (χ1v) is 23.8. The van der Waals surface area contributed by atoms with Crippen molar-refractivity contribution in [1.82, 2.24) is 31.5 Å². The maximum Gasteiger partial charge on any atom is 0.304 e. The molecule has 3 aliphatic rings. The monoisotopic (exact) mass is 955 g/mol. The number of nitrogens with two attached hydrogens (primary N) is 1. The van der Waals surface area contributed by atoms with Crippen molar-refractivity contribution in [2.45, 2.75) is 69.5 Å². The SMILES string of the molecule is NCCOCCNC(=O)[C@@H]1CCNC(=O)/C=C/C(=O)N2CCC[C@](Cc3ccccc3)(C2)C(=O)N[C@@H](Cc2ccc(-c3ccc4c(c3)OC[C@H]4CC(=O)O)cc2)C(=O)NCc2ccccc2CC(=O)N1. The molecular formula is C53H61N7O10. The van der Waals surface area contributed by atoms with Gasteiger partial charge in [0.15, 0.2) is 0 Å². The van der Waals surface area contributed by atoms with E-state index in [9.17, 15) is 38.7 Å². The normalized spacial score (nSPS) is 21.8. The summed E-state index contributed by atoms with van der Waals surface area (Å²) in [6.45, 7) is 1.72. The van der Waals surface area contributed by atoms with Crippen molar-refractivity contribution in [1.29, 1.82) is 0 Å². The third kappa shape index (κ3) is 13.7. The van der Waals surface area contributed by atoms with Crippen molar-refractivity contribution in [3.63, 3.8) is 0 Å². The number of hydrogen-bond donors (Lipinski definition) is 7. The summed E-state index contributed by atoms with van der Waals surface area (Å²) >= 11 is 0. The quantitative estimate of drug-likeness (QED) is 0.0961.